The van der Waals surface area contributed by atoms with Crippen LogP contribution in [0.1, 0.15) is 17.3 Å². The van der Waals surface area contributed by atoms with Crippen LogP contribution in [0.25, 0.3) is 0 Å². The number of para-hydroxylation sites is 2. The van der Waals surface area contributed by atoms with Gasteiger partial charge in [0.25, 0.3) is 15.9 Å². The SMILES string of the molecule is CCOc1ccccc1NC(=O)c1cccc(NS(=O)(=O)c2cc(Cl)ccc2Cl)c1. The lowest BCUT2D eigenvalue weighted by molar-refractivity contribution is 0.102. The number of carbonyl (C=O) groups excluding carboxylic acids is 1. The summed E-state index contributed by atoms with van der Waals surface area (Å²) in [5, 5.41) is 3.04. The van der Waals surface area contributed by atoms with Crippen LogP contribution >= 0.6 is 23.2 Å². The summed E-state index contributed by atoms with van der Waals surface area (Å²) >= 11 is 11.9. The standard InChI is InChI=1S/C21H18Cl2N2O4S/c1-2-29-19-9-4-3-8-18(19)24-21(26)14-6-5-7-16(12-14)25-30(27,28)20-13-15(22)10-11-17(20)23/h3-13,25H,2H2,1H3,(H,24,26). The molecule has 0 aliphatic heterocycles. The molecule has 156 valence electrons. The van der Waals surface area contributed by atoms with Crippen molar-refractivity contribution in [1.82, 2.24) is 0 Å². The van der Waals surface area contributed by atoms with Gasteiger partial charge in [0.1, 0.15) is 10.6 Å². The van der Waals surface area contributed by atoms with Gasteiger partial charge in [-0.2, -0.15) is 0 Å². The average Bonchev–Trinajstić information content (AvgIpc) is 2.71. The zero-order valence-corrected chi connectivity index (χ0v) is 18.2. The Hall–Kier alpha value is -2.74. The molecular weight excluding hydrogens is 447 g/mol. The van der Waals surface area contributed by atoms with Gasteiger partial charge in [-0.3, -0.25) is 9.52 Å². The lowest BCUT2D eigenvalue weighted by atomic mass is 10.2. The summed E-state index contributed by atoms with van der Waals surface area (Å²) in [7, 11) is -4.00. The van der Waals surface area contributed by atoms with Crippen molar-refractivity contribution in [2.75, 3.05) is 16.6 Å². The highest BCUT2D eigenvalue weighted by Gasteiger charge is 2.19. The molecule has 30 heavy (non-hydrogen) atoms. The molecule has 2 N–H and O–H groups in total. The van der Waals surface area contributed by atoms with Crippen LogP contribution in [0.4, 0.5) is 11.4 Å². The van der Waals surface area contributed by atoms with Crippen molar-refractivity contribution >= 4 is 50.5 Å². The fourth-order valence-electron chi connectivity index (χ4n) is 2.66. The Morgan fingerprint density at radius 3 is 2.53 bits per heavy atom. The number of nitrogens with one attached hydrogen (secondary N) is 2. The minimum Gasteiger partial charge on any atom is -0.492 e. The van der Waals surface area contributed by atoms with Gasteiger partial charge in [-0.05, 0) is 55.5 Å². The third kappa shape index (κ3) is 5.24. The lowest BCUT2D eigenvalue weighted by Crippen LogP contribution is -2.16. The second-order valence-corrected chi connectivity index (χ2v) is 8.64. The van der Waals surface area contributed by atoms with E-state index in [1.54, 1.807) is 36.4 Å². The van der Waals surface area contributed by atoms with Gasteiger partial charge in [0.2, 0.25) is 0 Å². The van der Waals surface area contributed by atoms with Crippen LogP contribution in [0, 0.1) is 0 Å². The van der Waals surface area contributed by atoms with E-state index in [1.807, 2.05) is 6.92 Å². The van der Waals surface area contributed by atoms with Gasteiger partial charge in [0, 0.05) is 16.3 Å². The molecule has 0 bridgehead atoms. The second-order valence-electron chi connectivity index (χ2n) is 6.14. The molecule has 3 aromatic carbocycles. The maximum Gasteiger partial charge on any atom is 0.263 e. The first-order valence-electron chi connectivity index (χ1n) is 8.91. The minimum atomic E-state index is -4.00. The van der Waals surface area contributed by atoms with E-state index in [2.05, 4.69) is 10.0 Å². The summed E-state index contributed by atoms with van der Waals surface area (Å²) in [6, 6.07) is 17.3. The van der Waals surface area contributed by atoms with Crippen LogP contribution in [-0.2, 0) is 10.0 Å². The molecule has 0 saturated carbocycles. The molecule has 1 amide bonds. The molecule has 0 spiro atoms. The maximum absolute atomic E-state index is 12.7. The predicted molar refractivity (Wildman–Crippen MR) is 119 cm³/mol. The molecule has 0 radical (unpaired) electrons. The topological polar surface area (TPSA) is 84.5 Å². The molecule has 0 unspecified atom stereocenters. The van der Waals surface area contributed by atoms with Gasteiger partial charge in [-0.1, -0.05) is 41.4 Å². The molecule has 3 aromatic rings. The predicted octanol–water partition coefficient (Wildman–Crippen LogP) is 5.45. The molecule has 0 aromatic heterocycles. The Bertz CT molecular complexity index is 1180. The van der Waals surface area contributed by atoms with Gasteiger partial charge < -0.3 is 10.1 Å². The van der Waals surface area contributed by atoms with E-state index in [-0.39, 0.29) is 26.2 Å². The van der Waals surface area contributed by atoms with Crippen molar-refractivity contribution < 1.29 is 17.9 Å². The minimum absolute atomic E-state index is 0.0355. The zero-order valence-electron chi connectivity index (χ0n) is 15.9. The molecule has 0 fully saturated rings. The molecule has 0 heterocycles. The van der Waals surface area contributed by atoms with Gasteiger partial charge in [0.15, 0.2) is 0 Å². The van der Waals surface area contributed by atoms with Crippen LogP contribution in [0.5, 0.6) is 5.75 Å². The number of sulfonamides is 1. The highest BCUT2D eigenvalue weighted by atomic mass is 35.5. The molecule has 0 saturated heterocycles. The highest BCUT2D eigenvalue weighted by molar-refractivity contribution is 7.92. The van der Waals surface area contributed by atoms with E-state index in [4.69, 9.17) is 27.9 Å². The molecule has 0 aliphatic carbocycles. The monoisotopic (exact) mass is 464 g/mol. The van der Waals surface area contributed by atoms with Crippen molar-refractivity contribution in [3.8, 4) is 5.75 Å². The van der Waals surface area contributed by atoms with Gasteiger partial charge >= 0.3 is 0 Å². The van der Waals surface area contributed by atoms with Crippen molar-refractivity contribution in [2.24, 2.45) is 0 Å². The van der Waals surface area contributed by atoms with E-state index in [1.165, 1.54) is 30.3 Å². The van der Waals surface area contributed by atoms with E-state index in [0.29, 0.717) is 18.0 Å². The van der Waals surface area contributed by atoms with E-state index in [0.717, 1.165) is 0 Å². The van der Waals surface area contributed by atoms with Crippen molar-refractivity contribution in [3.63, 3.8) is 0 Å². The van der Waals surface area contributed by atoms with Gasteiger partial charge in [0.05, 0.1) is 17.3 Å². The Labute approximate surface area is 184 Å². The molecule has 9 heteroatoms. The number of amides is 1. The summed E-state index contributed by atoms with van der Waals surface area (Å²) < 4.78 is 33.3. The average molecular weight is 465 g/mol. The number of halogens is 2. The number of benzene rings is 3. The number of hydrogen-bond acceptors (Lipinski definition) is 4. The number of carbonyl (C=O) groups is 1. The molecule has 3 rings (SSSR count). The first-order valence-corrected chi connectivity index (χ1v) is 11.1. The highest BCUT2D eigenvalue weighted by Crippen LogP contribution is 2.28. The Morgan fingerprint density at radius 1 is 1.00 bits per heavy atom. The number of hydrogen-bond donors (Lipinski definition) is 2. The molecular formula is C21H18Cl2N2O4S. The van der Waals surface area contributed by atoms with Gasteiger partial charge in [-0.25, -0.2) is 8.42 Å². The van der Waals surface area contributed by atoms with E-state index >= 15 is 0 Å². The molecule has 0 atom stereocenters. The van der Waals surface area contributed by atoms with Crippen molar-refractivity contribution in [3.05, 3.63) is 82.3 Å². The number of ether oxygens (including phenoxy) is 1. The molecule has 0 aliphatic rings. The van der Waals surface area contributed by atoms with Crippen LogP contribution in [-0.4, -0.2) is 20.9 Å². The van der Waals surface area contributed by atoms with Crippen molar-refractivity contribution in [2.45, 2.75) is 11.8 Å². The smallest absolute Gasteiger partial charge is 0.263 e. The first kappa shape index (κ1) is 22.0. The first-order chi connectivity index (χ1) is 14.3. The molecule has 6 nitrogen and oxygen atoms in total. The van der Waals surface area contributed by atoms with Crippen molar-refractivity contribution in [1.29, 1.82) is 0 Å². The Balaban J connectivity index is 1.83. The lowest BCUT2D eigenvalue weighted by Gasteiger charge is -2.13. The fourth-order valence-corrected chi connectivity index (χ4v) is 4.48. The summed E-state index contributed by atoms with van der Waals surface area (Å²) in [6.07, 6.45) is 0. The summed E-state index contributed by atoms with van der Waals surface area (Å²) in [5.74, 6) is 0.129. The summed E-state index contributed by atoms with van der Waals surface area (Å²) in [5.41, 5.74) is 0.983. The number of anilines is 2. The quantitative estimate of drug-likeness (QED) is 0.486. The Morgan fingerprint density at radius 2 is 1.77 bits per heavy atom. The zero-order chi connectivity index (χ0) is 21.7. The summed E-state index contributed by atoms with van der Waals surface area (Å²) in [4.78, 5) is 12.5. The third-order valence-electron chi connectivity index (χ3n) is 3.99. The second kappa shape index (κ2) is 9.38. The van der Waals surface area contributed by atoms with E-state index in [9.17, 15) is 13.2 Å². The van der Waals surface area contributed by atoms with Crippen LogP contribution in [0.15, 0.2) is 71.6 Å². The van der Waals surface area contributed by atoms with Crippen LogP contribution in [0.2, 0.25) is 10.0 Å². The Kier molecular flexibility index (Phi) is 6.87. The van der Waals surface area contributed by atoms with Crippen LogP contribution < -0.4 is 14.8 Å². The maximum atomic E-state index is 12.7. The normalized spacial score (nSPS) is 11.0. The number of rotatable bonds is 7. The van der Waals surface area contributed by atoms with Gasteiger partial charge in [-0.15, -0.1) is 0 Å². The third-order valence-corrected chi connectivity index (χ3v) is 6.09. The summed E-state index contributed by atoms with van der Waals surface area (Å²) in [6.45, 7) is 2.30. The largest absolute Gasteiger partial charge is 0.492 e. The fraction of sp³-hybridized carbons (Fsp3) is 0.0952. The van der Waals surface area contributed by atoms with E-state index < -0.39 is 15.9 Å². The van der Waals surface area contributed by atoms with Crippen LogP contribution in [0.3, 0.4) is 0 Å².